The SMILES string of the molecule is CCCOc1cccnc1NC(C)C(=O)N(C)C. The van der Waals surface area contributed by atoms with E-state index in [-0.39, 0.29) is 11.9 Å². The zero-order chi connectivity index (χ0) is 13.5. The van der Waals surface area contributed by atoms with Gasteiger partial charge in [-0.15, -0.1) is 0 Å². The Morgan fingerprint density at radius 2 is 2.28 bits per heavy atom. The van der Waals surface area contributed by atoms with Gasteiger partial charge in [-0.2, -0.15) is 0 Å². The lowest BCUT2D eigenvalue weighted by Crippen LogP contribution is -2.36. The van der Waals surface area contributed by atoms with Crippen molar-refractivity contribution in [1.82, 2.24) is 9.88 Å². The second kappa shape index (κ2) is 6.83. The number of nitrogens with zero attached hydrogens (tertiary/aromatic N) is 2. The van der Waals surface area contributed by atoms with E-state index in [9.17, 15) is 4.79 Å². The minimum Gasteiger partial charge on any atom is -0.490 e. The lowest BCUT2D eigenvalue weighted by atomic mass is 10.3. The minimum atomic E-state index is -0.334. The molecule has 1 amide bonds. The van der Waals surface area contributed by atoms with Crippen LogP contribution in [0.1, 0.15) is 20.3 Å². The number of aromatic nitrogens is 1. The zero-order valence-electron chi connectivity index (χ0n) is 11.4. The standard InChI is InChI=1S/C13H21N3O2/c1-5-9-18-11-7-6-8-14-12(11)15-10(2)13(17)16(3)4/h6-8,10H,5,9H2,1-4H3,(H,14,15). The van der Waals surface area contributed by atoms with E-state index in [1.807, 2.05) is 19.1 Å². The molecule has 0 aliphatic carbocycles. The summed E-state index contributed by atoms with van der Waals surface area (Å²) in [7, 11) is 3.46. The van der Waals surface area contributed by atoms with Gasteiger partial charge in [-0.25, -0.2) is 4.98 Å². The van der Waals surface area contributed by atoms with Crippen LogP contribution >= 0.6 is 0 Å². The van der Waals surface area contributed by atoms with Gasteiger partial charge in [-0.3, -0.25) is 4.79 Å². The minimum absolute atomic E-state index is 0.00194. The molecule has 0 radical (unpaired) electrons. The third-order valence-corrected chi connectivity index (χ3v) is 2.40. The Hall–Kier alpha value is -1.78. The highest BCUT2D eigenvalue weighted by Gasteiger charge is 2.16. The van der Waals surface area contributed by atoms with E-state index in [4.69, 9.17) is 4.74 Å². The summed E-state index contributed by atoms with van der Waals surface area (Å²) in [4.78, 5) is 17.5. The van der Waals surface area contributed by atoms with Gasteiger partial charge >= 0.3 is 0 Å². The molecule has 1 aromatic heterocycles. The van der Waals surface area contributed by atoms with Crippen molar-refractivity contribution < 1.29 is 9.53 Å². The van der Waals surface area contributed by atoms with E-state index in [1.54, 1.807) is 32.1 Å². The van der Waals surface area contributed by atoms with Crippen LogP contribution < -0.4 is 10.1 Å². The van der Waals surface area contributed by atoms with E-state index in [0.717, 1.165) is 6.42 Å². The molecule has 1 aromatic rings. The van der Waals surface area contributed by atoms with Crippen molar-refractivity contribution >= 4 is 11.7 Å². The van der Waals surface area contributed by atoms with Crippen molar-refractivity contribution in [3.63, 3.8) is 0 Å². The average Bonchev–Trinajstić information content (AvgIpc) is 2.36. The van der Waals surface area contributed by atoms with Crippen LogP contribution in [0, 0.1) is 0 Å². The Labute approximate surface area is 108 Å². The summed E-state index contributed by atoms with van der Waals surface area (Å²) in [5.41, 5.74) is 0. The molecule has 1 atom stereocenters. The van der Waals surface area contributed by atoms with Crippen molar-refractivity contribution in [2.24, 2.45) is 0 Å². The Balaban J connectivity index is 2.74. The predicted octanol–water partition coefficient (Wildman–Crippen LogP) is 1.76. The van der Waals surface area contributed by atoms with Gasteiger partial charge in [-0.1, -0.05) is 6.92 Å². The number of pyridine rings is 1. The molecule has 0 spiro atoms. The van der Waals surface area contributed by atoms with Crippen LogP contribution in [-0.4, -0.2) is 42.5 Å². The number of likely N-dealkylation sites (N-methyl/N-ethyl adjacent to an activating group) is 1. The predicted molar refractivity (Wildman–Crippen MR) is 71.8 cm³/mol. The number of carbonyl (C=O) groups excluding carboxylic acids is 1. The first-order valence-corrected chi connectivity index (χ1v) is 6.11. The second-order valence-electron chi connectivity index (χ2n) is 4.30. The monoisotopic (exact) mass is 251 g/mol. The van der Waals surface area contributed by atoms with Crippen molar-refractivity contribution in [2.75, 3.05) is 26.0 Å². The zero-order valence-corrected chi connectivity index (χ0v) is 11.4. The molecule has 0 saturated heterocycles. The van der Waals surface area contributed by atoms with E-state index in [0.29, 0.717) is 18.2 Å². The summed E-state index contributed by atoms with van der Waals surface area (Å²) in [6.45, 7) is 4.48. The van der Waals surface area contributed by atoms with Gasteiger partial charge in [0.2, 0.25) is 5.91 Å². The number of ether oxygens (including phenoxy) is 1. The topological polar surface area (TPSA) is 54.5 Å². The van der Waals surface area contributed by atoms with E-state index < -0.39 is 0 Å². The van der Waals surface area contributed by atoms with Crippen LogP contribution in [-0.2, 0) is 4.79 Å². The summed E-state index contributed by atoms with van der Waals surface area (Å²) in [6, 6.07) is 3.32. The Morgan fingerprint density at radius 1 is 1.56 bits per heavy atom. The molecule has 1 heterocycles. The molecule has 5 nitrogen and oxygen atoms in total. The summed E-state index contributed by atoms with van der Waals surface area (Å²) in [5, 5.41) is 3.07. The first-order chi connectivity index (χ1) is 8.56. The molecule has 0 fully saturated rings. The molecule has 0 aliphatic heterocycles. The first kappa shape index (κ1) is 14.3. The molecule has 100 valence electrons. The fraction of sp³-hybridized carbons (Fsp3) is 0.538. The molecule has 5 heteroatoms. The van der Waals surface area contributed by atoms with Gasteiger partial charge in [0.15, 0.2) is 11.6 Å². The smallest absolute Gasteiger partial charge is 0.244 e. The molecule has 0 saturated carbocycles. The fourth-order valence-electron chi connectivity index (χ4n) is 1.48. The van der Waals surface area contributed by atoms with Gasteiger partial charge in [0.25, 0.3) is 0 Å². The van der Waals surface area contributed by atoms with Gasteiger partial charge < -0.3 is 15.0 Å². The normalized spacial score (nSPS) is 11.8. The number of carbonyl (C=O) groups is 1. The molecule has 1 N–H and O–H groups in total. The fourth-order valence-corrected chi connectivity index (χ4v) is 1.48. The van der Waals surface area contributed by atoms with Crippen LogP contribution in [0.3, 0.4) is 0 Å². The van der Waals surface area contributed by atoms with Crippen LogP contribution in [0.25, 0.3) is 0 Å². The largest absolute Gasteiger partial charge is 0.490 e. The maximum absolute atomic E-state index is 11.8. The van der Waals surface area contributed by atoms with Gasteiger partial charge in [0, 0.05) is 20.3 Å². The Bertz CT molecular complexity index is 394. The van der Waals surface area contributed by atoms with Gasteiger partial charge in [0.05, 0.1) is 6.61 Å². The third-order valence-electron chi connectivity index (χ3n) is 2.40. The highest BCUT2D eigenvalue weighted by molar-refractivity contribution is 5.83. The molecule has 1 unspecified atom stereocenters. The second-order valence-corrected chi connectivity index (χ2v) is 4.30. The third kappa shape index (κ3) is 3.91. The van der Waals surface area contributed by atoms with E-state index in [2.05, 4.69) is 10.3 Å². The molecule has 18 heavy (non-hydrogen) atoms. The van der Waals surface area contributed by atoms with Crippen molar-refractivity contribution in [2.45, 2.75) is 26.3 Å². The quantitative estimate of drug-likeness (QED) is 0.837. The van der Waals surface area contributed by atoms with Crippen LogP contribution in [0.2, 0.25) is 0 Å². The number of amides is 1. The number of hydrogen-bond acceptors (Lipinski definition) is 4. The average molecular weight is 251 g/mol. The molecule has 0 aliphatic rings. The van der Waals surface area contributed by atoms with Gasteiger partial charge in [0.1, 0.15) is 6.04 Å². The summed E-state index contributed by atoms with van der Waals surface area (Å²) in [5.74, 6) is 1.29. The summed E-state index contributed by atoms with van der Waals surface area (Å²) in [6.07, 6.45) is 2.61. The number of nitrogens with one attached hydrogen (secondary N) is 1. The number of rotatable bonds is 6. The lowest BCUT2D eigenvalue weighted by Gasteiger charge is -2.19. The number of anilines is 1. The van der Waals surface area contributed by atoms with E-state index in [1.165, 1.54) is 0 Å². The Kier molecular flexibility index (Phi) is 5.42. The lowest BCUT2D eigenvalue weighted by molar-refractivity contribution is -0.129. The number of hydrogen-bond donors (Lipinski definition) is 1. The van der Waals surface area contributed by atoms with E-state index >= 15 is 0 Å². The molecule has 0 aromatic carbocycles. The summed E-state index contributed by atoms with van der Waals surface area (Å²) < 4.78 is 5.58. The maximum Gasteiger partial charge on any atom is 0.244 e. The van der Waals surface area contributed by atoms with Gasteiger partial charge in [-0.05, 0) is 25.5 Å². The molecule has 1 rings (SSSR count). The van der Waals surface area contributed by atoms with Crippen molar-refractivity contribution in [1.29, 1.82) is 0 Å². The maximum atomic E-state index is 11.8. The first-order valence-electron chi connectivity index (χ1n) is 6.11. The highest BCUT2D eigenvalue weighted by atomic mass is 16.5. The molecular formula is C13H21N3O2. The highest BCUT2D eigenvalue weighted by Crippen LogP contribution is 2.21. The Morgan fingerprint density at radius 3 is 2.89 bits per heavy atom. The van der Waals surface area contributed by atoms with Crippen LogP contribution in [0.15, 0.2) is 18.3 Å². The van der Waals surface area contributed by atoms with Crippen LogP contribution in [0.4, 0.5) is 5.82 Å². The molecular weight excluding hydrogens is 230 g/mol. The van der Waals surface area contributed by atoms with Crippen LogP contribution in [0.5, 0.6) is 5.75 Å². The summed E-state index contributed by atoms with van der Waals surface area (Å²) >= 11 is 0. The van der Waals surface area contributed by atoms with Crippen molar-refractivity contribution in [3.05, 3.63) is 18.3 Å². The van der Waals surface area contributed by atoms with Crippen molar-refractivity contribution in [3.8, 4) is 5.75 Å². The molecule has 0 bridgehead atoms.